The molecule has 0 heterocycles. The van der Waals surface area contributed by atoms with Crippen LogP contribution in [-0.4, -0.2) is 23.7 Å². The average Bonchev–Trinajstić information content (AvgIpc) is 2.43. The predicted octanol–water partition coefficient (Wildman–Crippen LogP) is 2.88. The van der Waals surface area contributed by atoms with Crippen LogP contribution in [0.2, 0.25) is 0 Å². The van der Waals surface area contributed by atoms with Gasteiger partial charge in [0, 0.05) is 0 Å². The van der Waals surface area contributed by atoms with Crippen LogP contribution in [0.5, 0.6) is 0 Å². The summed E-state index contributed by atoms with van der Waals surface area (Å²) in [4.78, 5) is 22.6. The highest BCUT2D eigenvalue weighted by molar-refractivity contribution is 5.98. The summed E-state index contributed by atoms with van der Waals surface area (Å²) in [5, 5.41) is 10.5. The van der Waals surface area contributed by atoms with Crippen LogP contribution in [0.4, 0.5) is 0 Å². The van der Waals surface area contributed by atoms with Crippen LogP contribution in [0.15, 0.2) is 49.1 Å². The van der Waals surface area contributed by atoms with E-state index in [1.165, 1.54) is 18.2 Å². The van der Waals surface area contributed by atoms with E-state index in [0.717, 1.165) is 5.39 Å². The van der Waals surface area contributed by atoms with E-state index in [1.807, 2.05) is 0 Å². The van der Waals surface area contributed by atoms with Gasteiger partial charge in [-0.05, 0) is 35.0 Å². The molecule has 0 saturated carbocycles. The Morgan fingerprint density at radius 1 is 1.11 bits per heavy atom. The highest BCUT2D eigenvalue weighted by Gasteiger charge is 2.09. The van der Waals surface area contributed by atoms with Crippen molar-refractivity contribution in [1.29, 1.82) is 0 Å². The molecular weight excluding hydrogens is 244 g/mol. The van der Waals surface area contributed by atoms with Crippen molar-refractivity contribution in [2.75, 3.05) is 6.61 Å². The number of carboxylic acids is 1. The lowest BCUT2D eigenvalue weighted by atomic mass is 10.0. The van der Waals surface area contributed by atoms with Crippen molar-refractivity contribution < 1.29 is 19.4 Å². The van der Waals surface area contributed by atoms with Gasteiger partial charge in [0.15, 0.2) is 0 Å². The van der Waals surface area contributed by atoms with Crippen molar-refractivity contribution in [1.82, 2.24) is 0 Å². The number of hydrogen-bond acceptors (Lipinski definition) is 3. The molecule has 0 fully saturated rings. The summed E-state index contributed by atoms with van der Waals surface area (Å²) in [6.07, 6.45) is 1.49. The number of rotatable bonds is 4. The number of carboxylic acid groups (broad SMARTS) is 1. The molecule has 0 bridgehead atoms. The van der Waals surface area contributed by atoms with Crippen molar-refractivity contribution in [3.63, 3.8) is 0 Å². The molecule has 0 spiro atoms. The van der Waals surface area contributed by atoms with Crippen molar-refractivity contribution in [3.8, 4) is 0 Å². The van der Waals surface area contributed by atoms with Crippen molar-refractivity contribution >= 4 is 22.7 Å². The summed E-state index contributed by atoms with van der Waals surface area (Å²) in [7, 11) is 0. The first-order valence-corrected chi connectivity index (χ1v) is 5.67. The maximum Gasteiger partial charge on any atom is 0.338 e. The Bertz CT molecular complexity index is 658. The molecule has 96 valence electrons. The fourth-order valence-corrected chi connectivity index (χ4v) is 1.72. The van der Waals surface area contributed by atoms with Crippen molar-refractivity contribution in [2.24, 2.45) is 0 Å². The lowest BCUT2D eigenvalue weighted by Gasteiger charge is -2.04. The third-order valence-electron chi connectivity index (χ3n) is 2.66. The van der Waals surface area contributed by atoms with E-state index in [0.29, 0.717) is 10.9 Å². The van der Waals surface area contributed by atoms with Crippen LogP contribution in [0.1, 0.15) is 20.7 Å². The van der Waals surface area contributed by atoms with Crippen LogP contribution in [-0.2, 0) is 4.74 Å². The van der Waals surface area contributed by atoms with Gasteiger partial charge in [0.25, 0.3) is 0 Å². The van der Waals surface area contributed by atoms with Gasteiger partial charge in [-0.1, -0.05) is 24.8 Å². The van der Waals surface area contributed by atoms with Gasteiger partial charge in [0.05, 0.1) is 11.1 Å². The van der Waals surface area contributed by atoms with Gasteiger partial charge in [-0.3, -0.25) is 0 Å². The minimum atomic E-state index is -0.999. The van der Waals surface area contributed by atoms with Crippen LogP contribution in [0, 0.1) is 0 Å². The number of esters is 1. The van der Waals surface area contributed by atoms with E-state index in [4.69, 9.17) is 9.84 Å². The molecule has 4 nitrogen and oxygen atoms in total. The van der Waals surface area contributed by atoms with E-state index in [9.17, 15) is 9.59 Å². The molecule has 0 unspecified atom stereocenters. The Balaban J connectivity index is 2.40. The Morgan fingerprint density at radius 3 is 2.37 bits per heavy atom. The van der Waals surface area contributed by atoms with E-state index < -0.39 is 11.9 Å². The highest BCUT2D eigenvalue weighted by Crippen LogP contribution is 2.18. The van der Waals surface area contributed by atoms with Crippen LogP contribution < -0.4 is 0 Å². The molecule has 19 heavy (non-hydrogen) atoms. The summed E-state index contributed by atoms with van der Waals surface area (Å²) < 4.78 is 4.93. The third kappa shape index (κ3) is 2.80. The molecule has 0 aliphatic rings. The van der Waals surface area contributed by atoms with Crippen LogP contribution >= 0.6 is 0 Å². The molecule has 0 saturated heterocycles. The average molecular weight is 256 g/mol. The number of benzene rings is 2. The fraction of sp³-hybridized carbons (Fsp3) is 0.0667. The second-order valence-corrected chi connectivity index (χ2v) is 3.97. The molecule has 0 atom stereocenters. The number of hydrogen-bond donors (Lipinski definition) is 1. The third-order valence-corrected chi connectivity index (χ3v) is 2.66. The standard InChI is InChI=1S/C15H12O4/c1-2-7-19-15(18)12-6-4-10-3-5-11(14(16)17)8-13(10)9-12/h2-6,8-9H,1,7H2,(H,16,17). The Hall–Kier alpha value is -2.62. The van der Waals surface area contributed by atoms with Crippen LogP contribution in [0.3, 0.4) is 0 Å². The summed E-state index contributed by atoms with van der Waals surface area (Å²) >= 11 is 0. The largest absolute Gasteiger partial charge is 0.478 e. The molecule has 4 heteroatoms. The maximum atomic E-state index is 11.7. The minimum Gasteiger partial charge on any atom is -0.478 e. The molecule has 0 aliphatic carbocycles. The van der Waals surface area contributed by atoms with Gasteiger partial charge in [-0.15, -0.1) is 0 Å². The number of aromatic carboxylic acids is 1. The van der Waals surface area contributed by atoms with Crippen LogP contribution in [0.25, 0.3) is 10.8 Å². The van der Waals surface area contributed by atoms with Gasteiger partial charge in [0.2, 0.25) is 0 Å². The smallest absolute Gasteiger partial charge is 0.338 e. The number of fused-ring (bicyclic) bond motifs is 1. The molecule has 1 N–H and O–H groups in total. The molecule has 2 aromatic carbocycles. The van der Waals surface area contributed by atoms with Gasteiger partial charge in [0.1, 0.15) is 6.61 Å². The first-order chi connectivity index (χ1) is 9.11. The van der Waals surface area contributed by atoms with Gasteiger partial charge < -0.3 is 9.84 Å². The first kappa shape index (κ1) is 12.8. The van der Waals surface area contributed by atoms with E-state index in [1.54, 1.807) is 24.3 Å². The summed E-state index contributed by atoms with van der Waals surface area (Å²) in [6, 6.07) is 9.78. The Morgan fingerprint density at radius 2 is 1.74 bits per heavy atom. The summed E-state index contributed by atoms with van der Waals surface area (Å²) in [5.74, 6) is -1.45. The zero-order chi connectivity index (χ0) is 13.8. The zero-order valence-electron chi connectivity index (χ0n) is 10.1. The van der Waals surface area contributed by atoms with E-state index >= 15 is 0 Å². The summed E-state index contributed by atoms with van der Waals surface area (Å²) in [6.45, 7) is 3.61. The second-order valence-electron chi connectivity index (χ2n) is 3.97. The maximum absolute atomic E-state index is 11.7. The quantitative estimate of drug-likeness (QED) is 0.674. The Labute approximate surface area is 109 Å². The number of carbonyl (C=O) groups is 2. The van der Waals surface area contributed by atoms with E-state index in [-0.39, 0.29) is 12.2 Å². The number of ether oxygens (including phenoxy) is 1. The zero-order valence-corrected chi connectivity index (χ0v) is 10.1. The predicted molar refractivity (Wildman–Crippen MR) is 71.4 cm³/mol. The molecule has 0 aliphatic heterocycles. The fourth-order valence-electron chi connectivity index (χ4n) is 1.72. The molecular formula is C15H12O4. The monoisotopic (exact) mass is 256 g/mol. The van der Waals surface area contributed by atoms with Gasteiger partial charge in [-0.25, -0.2) is 9.59 Å². The highest BCUT2D eigenvalue weighted by atomic mass is 16.5. The second kappa shape index (κ2) is 5.35. The normalized spacial score (nSPS) is 10.1. The van der Waals surface area contributed by atoms with Crippen molar-refractivity contribution in [2.45, 2.75) is 0 Å². The van der Waals surface area contributed by atoms with E-state index in [2.05, 4.69) is 6.58 Å². The molecule has 2 rings (SSSR count). The molecule has 2 aromatic rings. The first-order valence-electron chi connectivity index (χ1n) is 5.67. The SMILES string of the molecule is C=CCOC(=O)c1ccc2ccc(C(=O)O)cc2c1. The lowest BCUT2D eigenvalue weighted by Crippen LogP contribution is -2.04. The topological polar surface area (TPSA) is 63.6 Å². The molecule has 0 amide bonds. The Kier molecular flexibility index (Phi) is 3.61. The lowest BCUT2D eigenvalue weighted by molar-refractivity contribution is 0.0549. The van der Waals surface area contributed by atoms with Gasteiger partial charge >= 0.3 is 11.9 Å². The minimum absolute atomic E-state index is 0.145. The number of carbonyl (C=O) groups excluding carboxylic acids is 1. The van der Waals surface area contributed by atoms with Gasteiger partial charge in [-0.2, -0.15) is 0 Å². The molecule has 0 radical (unpaired) electrons. The summed E-state index contributed by atoms with van der Waals surface area (Å²) in [5.41, 5.74) is 0.570. The van der Waals surface area contributed by atoms with Crippen molar-refractivity contribution in [3.05, 3.63) is 60.2 Å². The molecule has 0 aromatic heterocycles.